The van der Waals surface area contributed by atoms with Crippen molar-refractivity contribution in [3.63, 3.8) is 0 Å². The van der Waals surface area contributed by atoms with Crippen molar-refractivity contribution in [2.75, 3.05) is 19.7 Å². The second-order valence-corrected chi connectivity index (χ2v) is 9.05. The Bertz CT molecular complexity index is 1130. The van der Waals surface area contributed by atoms with Crippen LogP contribution in [0.3, 0.4) is 0 Å². The first kappa shape index (κ1) is 23.3. The van der Waals surface area contributed by atoms with Gasteiger partial charge in [-0.2, -0.15) is 0 Å². The normalized spacial score (nSPS) is 21.1. The molecule has 3 aliphatic heterocycles. The Balaban J connectivity index is 1.19. The summed E-state index contributed by atoms with van der Waals surface area (Å²) in [5.41, 5.74) is 3.29. The number of hydroxylamine groups is 1. The Morgan fingerprint density at radius 2 is 1.89 bits per heavy atom. The number of rotatable bonds is 5. The summed E-state index contributed by atoms with van der Waals surface area (Å²) in [5.74, 6) is 0.0244. The van der Waals surface area contributed by atoms with E-state index in [-0.39, 0.29) is 11.7 Å². The largest absolute Gasteiger partial charge is 0.478 e. The van der Waals surface area contributed by atoms with Crippen molar-refractivity contribution in [1.29, 1.82) is 0 Å². The zero-order chi connectivity index (χ0) is 24.3. The van der Waals surface area contributed by atoms with Gasteiger partial charge >= 0.3 is 0 Å². The lowest BCUT2D eigenvalue weighted by Gasteiger charge is -2.37. The van der Waals surface area contributed by atoms with E-state index < -0.39 is 17.8 Å². The summed E-state index contributed by atoms with van der Waals surface area (Å²) in [6.07, 6.45) is 6.19. The lowest BCUT2D eigenvalue weighted by Crippen LogP contribution is -2.51. The summed E-state index contributed by atoms with van der Waals surface area (Å²) in [6.45, 7) is 1.53. The summed E-state index contributed by atoms with van der Waals surface area (Å²) in [6, 6.07) is 14.4. The Hall–Kier alpha value is -3.49. The van der Waals surface area contributed by atoms with Gasteiger partial charge in [0.15, 0.2) is 11.9 Å². The third kappa shape index (κ3) is 4.99. The molecule has 1 atom stereocenters. The standard InChI is InChI=1S/C27H28N2O6/c30-23(28-35-24-8-4-5-17-33-24)12-10-19-9-11-22-21(18-19)25(31)27(34-22)13-15-29(16-14-27)26(32)20-6-2-1-3-7-20/h1-3,6-7,9-12,18,24H,4-5,8,13-17H2,(H,28,30). The molecule has 0 aromatic heterocycles. The topological polar surface area (TPSA) is 94.2 Å². The average molecular weight is 477 g/mol. The second-order valence-electron chi connectivity index (χ2n) is 9.05. The molecule has 2 amide bonds. The van der Waals surface area contributed by atoms with E-state index in [1.54, 1.807) is 41.3 Å². The van der Waals surface area contributed by atoms with Crippen LogP contribution in [0.15, 0.2) is 54.6 Å². The van der Waals surface area contributed by atoms with Gasteiger partial charge in [0.2, 0.25) is 5.78 Å². The van der Waals surface area contributed by atoms with Crippen molar-refractivity contribution in [3.8, 4) is 5.75 Å². The number of ketones is 1. The molecule has 8 heteroatoms. The molecule has 35 heavy (non-hydrogen) atoms. The molecule has 0 saturated carbocycles. The summed E-state index contributed by atoms with van der Waals surface area (Å²) < 4.78 is 11.6. The predicted octanol–water partition coefficient (Wildman–Crippen LogP) is 3.52. The smallest absolute Gasteiger partial charge is 0.267 e. The van der Waals surface area contributed by atoms with Gasteiger partial charge in [0.25, 0.3) is 11.8 Å². The number of Topliss-reactive ketones (excluding diaryl/α,β-unsaturated/α-hetero) is 1. The number of carbonyl (C=O) groups is 3. The van der Waals surface area contributed by atoms with Crippen LogP contribution in [0.25, 0.3) is 6.08 Å². The Morgan fingerprint density at radius 3 is 2.63 bits per heavy atom. The minimum absolute atomic E-state index is 0.0341. The van der Waals surface area contributed by atoms with E-state index in [0.29, 0.717) is 55.0 Å². The van der Waals surface area contributed by atoms with Crippen molar-refractivity contribution in [2.45, 2.75) is 44.0 Å². The van der Waals surface area contributed by atoms with Crippen molar-refractivity contribution in [3.05, 3.63) is 71.3 Å². The van der Waals surface area contributed by atoms with Gasteiger partial charge in [0.05, 0.1) is 5.56 Å². The van der Waals surface area contributed by atoms with Crippen molar-refractivity contribution >= 4 is 23.7 Å². The third-order valence-corrected chi connectivity index (χ3v) is 6.70. The van der Waals surface area contributed by atoms with Crippen molar-refractivity contribution in [1.82, 2.24) is 10.4 Å². The number of piperidine rings is 1. The average Bonchev–Trinajstić information content (AvgIpc) is 3.17. The van der Waals surface area contributed by atoms with E-state index in [4.69, 9.17) is 14.3 Å². The number of hydrogen-bond acceptors (Lipinski definition) is 6. The molecule has 1 unspecified atom stereocenters. The number of likely N-dealkylation sites (tertiary alicyclic amines) is 1. The lowest BCUT2D eigenvalue weighted by molar-refractivity contribution is -0.198. The molecule has 2 aromatic carbocycles. The van der Waals surface area contributed by atoms with Crippen molar-refractivity contribution in [2.24, 2.45) is 0 Å². The van der Waals surface area contributed by atoms with E-state index in [9.17, 15) is 14.4 Å². The molecular weight excluding hydrogens is 448 g/mol. The van der Waals surface area contributed by atoms with Crippen LogP contribution in [0.2, 0.25) is 0 Å². The molecule has 182 valence electrons. The van der Waals surface area contributed by atoms with Crippen LogP contribution in [0.5, 0.6) is 5.75 Å². The molecule has 3 heterocycles. The highest BCUT2D eigenvalue weighted by Gasteiger charge is 2.50. The van der Waals surface area contributed by atoms with Crippen molar-refractivity contribution < 1.29 is 28.7 Å². The molecule has 2 aromatic rings. The lowest BCUT2D eigenvalue weighted by atomic mass is 9.85. The fourth-order valence-corrected chi connectivity index (χ4v) is 4.72. The van der Waals surface area contributed by atoms with E-state index in [0.717, 1.165) is 19.3 Å². The number of fused-ring (bicyclic) bond motifs is 1. The van der Waals surface area contributed by atoms with Gasteiger partial charge in [-0.05, 0) is 48.7 Å². The first-order valence-electron chi connectivity index (χ1n) is 12.0. The SMILES string of the molecule is O=C(C=Cc1ccc2c(c1)C(=O)C1(CCN(C(=O)c3ccccc3)CC1)O2)NOC1CCCCO1. The van der Waals surface area contributed by atoms with Crippen LogP contribution < -0.4 is 10.2 Å². The Labute approximate surface area is 203 Å². The molecule has 0 radical (unpaired) electrons. The highest BCUT2D eigenvalue weighted by Crippen LogP contribution is 2.41. The van der Waals surface area contributed by atoms with Gasteiger partial charge in [-0.3, -0.25) is 14.4 Å². The van der Waals surface area contributed by atoms with E-state index in [1.807, 2.05) is 18.2 Å². The Kier molecular flexibility index (Phi) is 6.66. The van der Waals surface area contributed by atoms with Crippen LogP contribution in [-0.2, 0) is 14.4 Å². The maximum Gasteiger partial charge on any atom is 0.267 e. The van der Waals surface area contributed by atoms with Gasteiger partial charge in [0.1, 0.15) is 5.75 Å². The number of nitrogens with one attached hydrogen (secondary N) is 1. The fourth-order valence-electron chi connectivity index (χ4n) is 4.72. The molecule has 2 fully saturated rings. The fraction of sp³-hybridized carbons (Fsp3) is 0.370. The highest BCUT2D eigenvalue weighted by atomic mass is 16.8. The minimum atomic E-state index is -0.941. The number of ether oxygens (including phenoxy) is 2. The molecular formula is C27H28N2O6. The molecule has 5 rings (SSSR count). The number of carbonyl (C=O) groups excluding carboxylic acids is 3. The van der Waals surface area contributed by atoms with E-state index in [2.05, 4.69) is 5.48 Å². The Morgan fingerprint density at radius 1 is 1.09 bits per heavy atom. The van der Waals surface area contributed by atoms with Crippen LogP contribution in [-0.4, -0.2) is 54.1 Å². The van der Waals surface area contributed by atoms with Crippen LogP contribution in [0, 0.1) is 0 Å². The summed E-state index contributed by atoms with van der Waals surface area (Å²) >= 11 is 0. The van der Waals surface area contributed by atoms with Gasteiger partial charge in [-0.15, -0.1) is 0 Å². The molecule has 2 saturated heterocycles. The molecule has 0 bridgehead atoms. The number of benzene rings is 2. The minimum Gasteiger partial charge on any atom is -0.478 e. The molecule has 3 aliphatic rings. The number of amides is 2. The zero-order valence-corrected chi connectivity index (χ0v) is 19.4. The highest BCUT2D eigenvalue weighted by molar-refractivity contribution is 6.08. The number of nitrogens with zero attached hydrogens (tertiary/aromatic N) is 1. The first-order chi connectivity index (χ1) is 17.0. The molecule has 1 spiro atoms. The van der Waals surface area contributed by atoms with E-state index >= 15 is 0 Å². The summed E-state index contributed by atoms with van der Waals surface area (Å²) in [4.78, 5) is 45.2. The second kappa shape index (κ2) is 10.0. The van der Waals surface area contributed by atoms with Crippen LogP contribution in [0.4, 0.5) is 0 Å². The van der Waals surface area contributed by atoms with E-state index in [1.165, 1.54) is 6.08 Å². The third-order valence-electron chi connectivity index (χ3n) is 6.70. The maximum atomic E-state index is 13.3. The van der Waals surface area contributed by atoms with Gasteiger partial charge in [-0.25, -0.2) is 10.3 Å². The van der Waals surface area contributed by atoms with Crippen LogP contribution in [0.1, 0.15) is 58.4 Å². The van der Waals surface area contributed by atoms with Gasteiger partial charge in [-0.1, -0.05) is 24.3 Å². The quantitative estimate of drug-likeness (QED) is 0.524. The zero-order valence-electron chi connectivity index (χ0n) is 19.4. The molecule has 8 nitrogen and oxygen atoms in total. The maximum absolute atomic E-state index is 13.3. The van der Waals surface area contributed by atoms with Gasteiger partial charge in [0, 0.05) is 50.6 Å². The monoisotopic (exact) mass is 476 g/mol. The van der Waals surface area contributed by atoms with Crippen LogP contribution >= 0.6 is 0 Å². The van der Waals surface area contributed by atoms with Gasteiger partial charge < -0.3 is 14.4 Å². The molecule has 1 N–H and O–H groups in total. The predicted molar refractivity (Wildman–Crippen MR) is 128 cm³/mol. The first-order valence-corrected chi connectivity index (χ1v) is 12.0. The summed E-state index contributed by atoms with van der Waals surface area (Å²) in [7, 11) is 0. The molecule has 0 aliphatic carbocycles. The number of hydrogen-bond donors (Lipinski definition) is 1. The summed E-state index contributed by atoms with van der Waals surface area (Å²) in [5, 5.41) is 0.